The van der Waals surface area contributed by atoms with Crippen molar-refractivity contribution in [2.45, 2.75) is 26.3 Å². The minimum absolute atomic E-state index is 0.781. The van der Waals surface area contributed by atoms with Gasteiger partial charge in [-0.05, 0) is 42.5 Å². The molecule has 3 heteroatoms. The standard InChI is InChI=1S/C16H21NO2/c1-13-4-3-9-17(11-13)12-15-6-2-5-14(10-15)7-8-16(18)19/h2,5-8,10,13H,3-4,9,11-12H2,1H3,(H,18,19). The molecule has 1 saturated heterocycles. The van der Waals surface area contributed by atoms with Crippen molar-refractivity contribution in [1.82, 2.24) is 4.90 Å². The molecule has 1 unspecified atom stereocenters. The normalized spacial score (nSPS) is 20.8. The highest BCUT2D eigenvalue weighted by Crippen LogP contribution is 2.18. The molecule has 0 spiro atoms. The Morgan fingerprint density at radius 3 is 3.11 bits per heavy atom. The van der Waals surface area contributed by atoms with Crippen LogP contribution in [0.2, 0.25) is 0 Å². The molecule has 0 bridgehead atoms. The third-order valence-corrected chi connectivity index (χ3v) is 3.52. The van der Waals surface area contributed by atoms with Gasteiger partial charge in [0.05, 0.1) is 0 Å². The Bertz CT molecular complexity index is 468. The fourth-order valence-corrected chi connectivity index (χ4v) is 2.65. The van der Waals surface area contributed by atoms with Crippen molar-refractivity contribution in [3.05, 3.63) is 41.5 Å². The van der Waals surface area contributed by atoms with Crippen LogP contribution in [0.25, 0.3) is 6.08 Å². The van der Waals surface area contributed by atoms with Gasteiger partial charge < -0.3 is 5.11 Å². The van der Waals surface area contributed by atoms with Gasteiger partial charge in [-0.1, -0.05) is 31.2 Å². The molecule has 3 nitrogen and oxygen atoms in total. The number of piperidine rings is 1. The molecule has 1 atom stereocenters. The lowest BCUT2D eigenvalue weighted by Crippen LogP contribution is -2.33. The summed E-state index contributed by atoms with van der Waals surface area (Å²) in [4.78, 5) is 13.0. The number of aliphatic carboxylic acids is 1. The number of nitrogens with zero attached hydrogens (tertiary/aromatic N) is 1. The summed E-state index contributed by atoms with van der Waals surface area (Å²) in [5.41, 5.74) is 2.20. The fraction of sp³-hybridized carbons (Fsp3) is 0.438. The summed E-state index contributed by atoms with van der Waals surface area (Å²) in [6.45, 7) is 5.59. The average Bonchev–Trinajstić information content (AvgIpc) is 2.37. The van der Waals surface area contributed by atoms with Crippen molar-refractivity contribution in [2.24, 2.45) is 5.92 Å². The van der Waals surface area contributed by atoms with E-state index in [4.69, 9.17) is 5.11 Å². The lowest BCUT2D eigenvalue weighted by Gasteiger charge is -2.30. The molecule has 1 fully saturated rings. The molecule has 102 valence electrons. The number of carboxylic acids is 1. The van der Waals surface area contributed by atoms with Crippen LogP contribution in [0.4, 0.5) is 0 Å². The second-order valence-electron chi connectivity index (χ2n) is 5.40. The van der Waals surface area contributed by atoms with Gasteiger partial charge >= 0.3 is 5.97 Å². The second-order valence-corrected chi connectivity index (χ2v) is 5.40. The molecule has 0 aromatic heterocycles. The molecule has 1 aliphatic heterocycles. The van der Waals surface area contributed by atoms with Crippen LogP contribution in [0.5, 0.6) is 0 Å². The minimum Gasteiger partial charge on any atom is -0.478 e. The number of carbonyl (C=O) groups is 1. The molecule has 19 heavy (non-hydrogen) atoms. The molecule has 0 amide bonds. The number of rotatable bonds is 4. The predicted molar refractivity (Wildman–Crippen MR) is 76.8 cm³/mol. The Morgan fingerprint density at radius 2 is 2.37 bits per heavy atom. The number of hydrogen-bond donors (Lipinski definition) is 1. The van der Waals surface area contributed by atoms with Gasteiger partial charge in [-0.15, -0.1) is 0 Å². The fourth-order valence-electron chi connectivity index (χ4n) is 2.65. The quantitative estimate of drug-likeness (QED) is 0.845. The maximum atomic E-state index is 10.5. The van der Waals surface area contributed by atoms with Crippen molar-refractivity contribution in [3.63, 3.8) is 0 Å². The van der Waals surface area contributed by atoms with Crippen LogP contribution in [0.3, 0.4) is 0 Å². The number of benzene rings is 1. The lowest BCUT2D eigenvalue weighted by molar-refractivity contribution is -0.131. The van der Waals surface area contributed by atoms with Gasteiger partial charge in [-0.3, -0.25) is 4.90 Å². The summed E-state index contributed by atoms with van der Waals surface area (Å²) in [6, 6.07) is 8.10. The third kappa shape index (κ3) is 4.52. The molecule has 2 rings (SSSR count). The van der Waals surface area contributed by atoms with E-state index in [2.05, 4.69) is 24.0 Å². The second kappa shape index (κ2) is 6.53. The number of hydrogen-bond acceptors (Lipinski definition) is 2. The van der Waals surface area contributed by atoms with Gasteiger partial charge in [-0.25, -0.2) is 4.79 Å². The Hall–Kier alpha value is -1.61. The van der Waals surface area contributed by atoms with E-state index in [9.17, 15) is 4.79 Å². The van der Waals surface area contributed by atoms with Gasteiger partial charge in [0.25, 0.3) is 0 Å². The molecular formula is C16H21NO2. The first-order valence-corrected chi connectivity index (χ1v) is 6.86. The maximum absolute atomic E-state index is 10.5. The minimum atomic E-state index is -0.907. The van der Waals surface area contributed by atoms with Gasteiger partial charge in [0.1, 0.15) is 0 Å². The maximum Gasteiger partial charge on any atom is 0.328 e. The largest absolute Gasteiger partial charge is 0.478 e. The smallest absolute Gasteiger partial charge is 0.328 e. The van der Waals surface area contributed by atoms with E-state index in [0.29, 0.717) is 0 Å². The van der Waals surface area contributed by atoms with Gasteiger partial charge in [-0.2, -0.15) is 0 Å². The lowest BCUT2D eigenvalue weighted by atomic mass is 9.99. The SMILES string of the molecule is CC1CCCN(Cc2cccc(C=CC(=O)O)c2)C1. The Labute approximate surface area is 114 Å². The Balaban J connectivity index is 2.00. The summed E-state index contributed by atoms with van der Waals surface area (Å²) in [6.07, 6.45) is 5.43. The molecule has 1 aromatic rings. The van der Waals surface area contributed by atoms with Crippen LogP contribution in [0, 0.1) is 5.92 Å². The van der Waals surface area contributed by atoms with Crippen molar-refractivity contribution in [3.8, 4) is 0 Å². The summed E-state index contributed by atoms with van der Waals surface area (Å²) >= 11 is 0. The van der Waals surface area contributed by atoms with Crippen molar-refractivity contribution in [1.29, 1.82) is 0 Å². The van der Waals surface area contributed by atoms with E-state index in [-0.39, 0.29) is 0 Å². The van der Waals surface area contributed by atoms with Crippen LogP contribution in [0.1, 0.15) is 30.9 Å². The van der Waals surface area contributed by atoms with Crippen molar-refractivity contribution in [2.75, 3.05) is 13.1 Å². The highest BCUT2D eigenvalue weighted by Gasteiger charge is 2.15. The molecule has 1 heterocycles. The van der Waals surface area contributed by atoms with Gasteiger partial charge in [0.15, 0.2) is 0 Å². The molecule has 0 aliphatic carbocycles. The molecule has 0 radical (unpaired) electrons. The van der Waals surface area contributed by atoms with E-state index in [0.717, 1.165) is 24.6 Å². The average molecular weight is 259 g/mol. The van der Waals surface area contributed by atoms with Crippen LogP contribution < -0.4 is 0 Å². The van der Waals surface area contributed by atoms with Crippen molar-refractivity contribution >= 4 is 12.0 Å². The van der Waals surface area contributed by atoms with Crippen LogP contribution in [0.15, 0.2) is 30.3 Å². The monoisotopic (exact) mass is 259 g/mol. The van der Waals surface area contributed by atoms with Crippen LogP contribution in [-0.2, 0) is 11.3 Å². The topological polar surface area (TPSA) is 40.5 Å². The molecule has 1 aromatic carbocycles. The number of likely N-dealkylation sites (tertiary alicyclic amines) is 1. The van der Waals surface area contributed by atoms with Gasteiger partial charge in [0.2, 0.25) is 0 Å². The van der Waals surface area contributed by atoms with E-state index < -0.39 is 5.97 Å². The van der Waals surface area contributed by atoms with E-state index in [1.165, 1.54) is 31.0 Å². The highest BCUT2D eigenvalue weighted by molar-refractivity contribution is 5.85. The molecule has 1 aliphatic rings. The Kier molecular flexibility index (Phi) is 4.74. The summed E-state index contributed by atoms with van der Waals surface area (Å²) in [5.74, 6) is -0.126. The summed E-state index contributed by atoms with van der Waals surface area (Å²) < 4.78 is 0. The van der Waals surface area contributed by atoms with Crippen LogP contribution >= 0.6 is 0 Å². The number of carboxylic acid groups (broad SMARTS) is 1. The molecule has 1 N–H and O–H groups in total. The van der Waals surface area contributed by atoms with E-state index >= 15 is 0 Å². The molecule has 0 saturated carbocycles. The van der Waals surface area contributed by atoms with E-state index in [1.807, 2.05) is 12.1 Å². The van der Waals surface area contributed by atoms with Gasteiger partial charge in [0, 0.05) is 19.2 Å². The first-order valence-electron chi connectivity index (χ1n) is 6.86. The van der Waals surface area contributed by atoms with E-state index in [1.54, 1.807) is 6.08 Å². The zero-order chi connectivity index (χ0) is 13.7. The first kappa shape index (κ1) is 13.8. The molecular weight excluding hydrogens is 238 g/mol. The highest BCUT2D eigenvalue weighted by atomic mass is 16.4. The zero-order valence-corrected chi connectivity index (χ0v) is 11.4. The van der Waals surface area contributed by atoms with Crippen molar-refractivity contribution < 1.29 is 9.90 Å². The Morgan fingerprint density at radius 1 is 1.53 bits per heavy atom. The summed E-state index contributed by atoms with van der Waals surface area (Å²) in [7, 11) is 0. The first-order chi connectivity index (χ1) is 9.13. The summed E-state index contributed by atoms with van der Waals surface area (Å²) in [5, 5.41) is 8.64. The zero-order valence-electron chi connectivity index (χ0n) is 11.4. The third-order valence-electron chi connectivity index (χ3n) is 3.52. The predicted octanol–water partition coefficient (Wildman–Crippen LogP) is 3.02. The van der Waals surface area contributed by atoms with Crippen LogP contribution in [-0.4, -0.2) is 29.1 Å².